The summed E-state index contributed by atoms with van der Waals surface area (Å²) in [6.45, 7) is 2.46. The van der Waals surface area contributed by atoms with Crippen molar-refractivity contribution in [2.75, 3.05) is 19.7 Å². The number of likely N-dealkylation sites (tertiary alicyclic amines) is 1. The Morgan fingerprint density at radius 3 is 2.61 bits per heavy atom. The van der Waals surface area contributed by atoms with Crippen molar-refractivity contribution in [3.8, 4) is 23.3 Å². The second-order valence-electron chi connectivity index (χ2n) is 7.81. The molecular weight excluding hydrogens is 499 g/mol. The average molecular weight is 517 g/mol. The van der Waals surface area contributed by atoms with E-state index in [1.807, 2.05) is 0 Å². The van der Waals surface area contributed by atoms with Crippen LogP contribution >= 0.6 is 11.8 Å². The maximum absolute atomic E-state index is 13.5. The van der Waals surface area contributed by atoms with Crippen LogP contribution in [0.25, 0.3) is 6.08 Å². The fourth-order valence-electron chi connectivity index (χ4n) is 3.47. The topological polar surface area (TPSA) is 112 Å². The molecular formula is C24H18F3N3O5S. The number of benzene rings is 2. The Kier molecular flexibility index (Phi) is 6.94. The monoisotopic (exact) mass is 517 g/mol. The summed E-state index contributed by atoms with van der Waals surface area (Å²) in [6.07, 6.45) is -3.18. The Hall–Kier alpha value is -3.98. The van der Waals surface area contributed by atoms with Gasteiger partial charge < -0.3 is 19.5 Å². The average Bonchev–Trinajstić information content (AvgIpc) is 3.13. The lowest BCUT2D eigenvalue weighted by Gasteiger charge is -2.37. The quantitative estimate of drug-likeness (QED) is 0.546. The number of hydrogen-bond acceptors (Lipinski definition) is 7. The number of nitriles is 1. The van der Waals surface area contributed by atoms with Gasteiger partial charge in [0.05, 0.1) is 34.6 Å². The minimum atomic E-state index is -4.74. The lowest BCUT2D eigenvalue weighted by molar-refractivity contribution is -0.145. The summed E-state index contributed by atoms with van der Waals surface area (Å²) < 4.78 is 51.7. The molecule has 2 aliphatic rings. The highest BCUT2D eigenvalue weighted by atomic mass is 32.2. The first kappa shape index (κ1) is 25.1. The molecule has 0 bridgehead atoms. The molecule has 2 aromatic carbocycles. The van der Waals surface area contributed by atoms with E-state index in [9.17, 15) is 22.8 Å². The molecule has 0 radical (unpaired) electrons. The van der Waals surface area contributed by atoms with Gasteiger partial charge in [-0.05, 0) is 60.7 Å². The van der Waals surface area contributed by atoms with Crippen molar-refractivity contribution < 1.29 is 37.3 Å². The van der Waals surface area contributed by atoms with Gasteiger partial charge in [-0.2, -0.15) is 23.4 Å². The third-order valence-electron chi connectivity index (χ3n) is 5.31. The highest BCUT2D eigenvalue weighted by molar-refractivity contribution is 8.18. The van der Waals surface area contributed by atoms with Gasteiger partial charge in [-0.15, -0.1) is 0 Å². The standard InChI is InChI=1S/C24H18F3N3O5S/c1-2-34-19-8-13(9-20-21(31)29-23(36-20)30-11-15(12-30)22(32)33)3-6-18(19)35-17-5-4-14(10-28)7-16(17)24(25,26)27/h3-9,15H,2,11-12H2,1H3,(H,32,33)/b20-9-. The molecule has 1 N–H and O–H groups in total. The molecule has 0 aromatic heterocycles. The summed E-state index contributed by atoms with van der Waals surface area (Å²) in [4.78, 5) is 29.3. The maximum Gasteiger partial charge on any atom is 0.420 e. The Morgan fingerprint density at radius 2 is 1.97 bits per heavy atom. The van der Waals surface area contributed by atoms with Crippen LogP contribution in [0.5, 0.6) is 17.2 Å². The number of amidine groups is 1. The van der Waals surface area contributed by atoms with Crippen molar-refractivity contribution >= 4 is 34.9 Å². The Bertz CT molecular complexity index is 1330. The SMILES string of the molecule is CCOc1cc(/C=C2\SC(N3CC(C(=O)O)C3)=NC2=O)ccc1Oc1ccc(C#N)cc1C(F)(F)F. The molecule has 0 atom stereocenters. The van der Waals surface area contributed by atoms with Gasteiger partial charge in [0.2, 0.25) is 0 Å². The largest absolute Gasteiger partial charge is 0.490 e. The molecule has 186 valence electrons. The van der Waals surface area contributed by atoms with E-state index in [0.717, 1.165) is 17.8 Å². The van der Waals surface area contributed by atoms with Crippen molar-refractivity contribution in [1.29, 1.82) is 5.26 Å². The summed E-state index contributed by atoms with van der Waals surface area (Å²) in [7, 11) is 0. The first-order valence-electron chi connectivity index (χ1n) is 10.7. The molecule has 0 spiro atoms. The molecule has 36 heavy (non-hydrogen) atoms. The van der Waals surface area contributed by atoms with Crippen molar-refractivity contribution in [3.05, 3.63) is 58.0 Å². The second kappa shape index (κ2) is 9.94. The number of halogens is 3. The molecule has 2 aliphatic heterocycles. The minimum absolute atomic E-state index is 0.0249. The summed E-state index contributed by atoms with van der Waals surface area (Å²) in [5.41, 5.74) is -0.719. The van der Waals surface area contributed by atoms with Crippen molar-refractivity contribution in [2.24, 2.45) is 10.9 Å². The molecule has 0 unspecified atom stereocenters. The van der Waals surface area contributed by atoms with E-state index in [1.54, 1.807) is 30.0 Å². The highest BCUT2D eigenvalue weighted by Gasteiger charge is 2.38. The number of carboxylic acids is 1. The van der Waals surface area contributed by atoms with Crippen LogP contribution < -0.4 is 9.47 Å². The molecule has 2 aromatic rings. The van der Waals surface area contributed by atoms with Crippen LogP contribution in [0.4, 0.5) is 13.2 Å². The minimum Gasteiger partial charge on any atom is -0.490 e. The molecule has 4 rings (SSSR count). The van der Waals surface area contributed by atoms with Crippen LogP contribution in [0.15, 0.2) is 46.3 Å². The highest BCUT2D eigenvalue weighted by Crippen LogP contribution is 2.41. The number of aliphatic carboxylic acids is 1. The number of rotatable bonds is 6. The van der Waals surface area contributed by atoms with Crippen LogP contribution in [-0.2, 0) is 15.8 Å². The summed E-state index contributed by atoms with van der Waals surface area (Å²) in [5.74, 6) is -2.16. The Balaban J connectivity index is 1.56. The second-order valence-corrected chi connectivity index (χ2v) is 8.82. The summed E-state index contributed by atoms with van der Waals surface area (Å²) in [6, 6.07) is 9.19. The number of ether oxygens (including phenoxy) is 2. The maximum atomic E-state index is 13.5. The summed E-state index contributed by atoms with van der Waals surface area (Å²) in [5, 5.41) is 18.4. The third-order valence-corrected chi connectivity index (χ3v) is 6.35. The zero-order chi connectivity index (χ0) is 26.0. The van der Waals surface area contributed by atoms with Gasteiger partial charge in [0.1, 0.15) is 5.75 Å². The van der Waals surface area contributed by atoms with Gasteiger partial charge in [-0.3, -0.25) is 9.59 Å². The molecule has 2 heterocycles. The van der Waals surface area contributed by atoms with E-state index in [2.05, 4.69) is 4.99 Å². The predicted octanol–water partition coefficient (Wildman–Crippen LogP) is 4.75. The first-order chi connectivity index (χ1) is 17.1. The molecule has 1 fully saturated rings. The molecule has 0 aliphatic carbocycles. The molecule has 8 nitrogen and oxygen atoms in total. The van der Waals surface area contributed by atoms with Crippen LogP contribution in [0, 0.1) is 17.2 Å². The number of hydrogen-bond donors (Lipinski definition) is 1. The van der Waals surface area contributed by atoms with E-state index in [0.29, 0.717) is 21.7 Å². The first-order valence-corrected chi connectivity index (χ1v) is 11.5. The lowest BCUT2D eigenvalue weighted by Crippen LogP contribution is -2.51. The number of carbonyl (C=O) groups is 2. The number of alkyl halides is 3. The fourth-order valence-corrected chi connectivity index (χ4v) is 4.40. The summed E-state index contributed by atoms with van der Waals surface area (Å²) >= 11 is 1.12. The van der Waals surface area contributed by atoms with E-state index in [-0.39, 0.29) is 36.8 Å². The molecule has 12 heteroatoms. The van der Waals surface area contributed by atoms with Gasteiger partial charge in [-0.25, -0.2) is 0 Å². The zero-order valence-corrected chi connectivity index (χ0v) is 19.5. The van der Waals surface area contributed by atoms with Gasteiger partial charge in [0.25, 0.3) is 5.91 Å². The van der Waals surface area contributed by atoms with E-state index < -0.39 is 35.3 Å². The molecule has 1 saturated heterocycles. The van der Waals surface area contributed by atoms with Crippen molar-refractivity contribution in [3.63, 3.8) is 0 Å². The van der Waals surface area contributed by atoms with Crippen LogP contribution in [0.1, 0.15) is 23.6 Å². The number of thioether (sulfide) groups is 1. The predicted molar refractivity (Wildman–Crippen MR) is 125 cm³/mol. The van der Waals surface area contributed by atoms with Crippen molar-refractivity contribution in [2.45, 2.75) is 13.1 Å². The van der Waals surface area contributed by atoms with Gasteiger partial charge in [-0.1, -0.05) is 6.07 Å². The third kappa shape index (κ3) is 5.31. The number of carboxylic acid groups (broad SMARTS) is 1. The van der Waals surface area contributed by atoms with Crippen LogP contribution in [0.3, 0.4) is 0 Å². The fraction of sp³-hybridized carbons (Fsp3) is 0.250. The number of nitrogens with zero attached hydrogens (tertiary/aromatic N) is 3. The smallest absolute Gasteiger partial charge is 0.420 e. The van der Waals surface area contributed by atoms with E-state index >= 15 is 0 Å². The lowest BCUT2D eigenvalue weighted by atomic mass is 10.0. The van der Waals surface area contributed by atoms with E-state index in [4.69, 9.17) is 19.8 Å². The zero-order valence-electron chi connectivity index (χ0n) is 18.7. The van der Waals surface area contributed by atoms with Gasteiger partial charge >= 0.3 is 12.1 Å². The van der Waals surface area contributed by atoms with Crippen LogP contribution in [0.2, 0.25) is 0 Å². The molecule has 1 amide bonds. The Labute approximate surface area is 207 Å². The number of carbonyl (C=O) groups excluding carboxylic acids is 1. The van der Waals surface area contributed by atoms with E-state index in [1.165, 1.54) is 18.2 Å². The Morgan fingerprint density at radius 1 is 1.25 bits per heavy atom. The molecule has 0 saturated carbocycles. The normalized spacial score (nSPS) is 17.0. The van der Waals surface area contributed by atoms with Crippen LogP contribution in [-0.4, -0.2) is 46.7 Å². The number of amides is 1. The van der Waals surface area contributed by atoms with Crippen molar-refractivity contribution in [1.82, 2.24) is 4.90 Å². The van der Waals surface area contributed by atoms with Gasteiger partial charge in [0, 0.05) is 13.1 Å². The van der Waals surface area contributed by atoms with Gasteiger partial charge in [0.15, 0.2) is 16.7 Å². The number of aliphatic imine (C=N–C) groups is 1.